The van der Waals surface area contributed by atoms with Crippen molar-refractivity contribution >= 4 is 0 Å². The molecule has 1 heteroatoms. The molecule has 0 unspecified atom stereocenters. The standard InChI is InChI=1S/C16H25N/c1-13(2)6-7-14-4-3-5-16(12-14)15-8-10-17-11-9-15/h3-5,12-13,15,17H,6-11H2,1-2H3. The summed E-state index contributed by atoms with van der Waals surface area (Å²) in [4.78, 5) is 0. The normalized spacial score (nSPS) is 17.6. The van der Waals surface area contributed by atoms with Crippen molar-refractivity contribution < 1.29 is 0 Å². The van der Waals surface area contributed by atoms with E-state index in [1.807, 2.05) is 0 Å². The first-order valence-electron chi connectivity index (χ1n) is 7.05. The fourth-order valence-corrected chi connectivity index (χ4v) is 2.61. The van der Waals surface area contributed by atoms with E-state index in [1.165, 1.54) is 44.3 Å². The van der Waals surface area contributed by atoms with E-state index in [0.717, 1.165) is 11.8 Å². The quantitative estimate of drug-likeness (QED) is 0.832. The Hall–Kier alpha value is -0.820. The molecular weight excluding hydrogens is 206 g/mol. The summed E-state index contributed by atoms with van der Waals surface area (Å²) in [5.41, 5.74) is 3.09. The first-order valence-corrected chi connectivity index (χ1v) is 7.05. The molecule has 1 aromatic rings. The Kier molecular flexibility index (Phi) is 4.61. The van der Waals surface area contributed by atoms with Crippen LogP contribution in [0.4, 0.5) is 0 Å². The summed E-state index contributed by atoms with van der Waals surface area (Å²) in [5.74, 6) is 1.59. The smallest absolute Gasteiger partial charge is 0.00431 e. The van der Waals surface area contributed by atoms with E-state index >= 15 is 0 Å². The molecule has 2 rings (SSSR count). The van der Waals surface area contributed by atoms with Gasteiger partial charge in [0, 0.05) is 0 Å². The van der Waals surface area contributed by atoms with Gasteiger partial charge in [-0.05, 0) is 61.7 Å². The van der Waals surface area contributed by atoms with Crippen LogP contribution in [0.2, 0.25) is 0 Å². The minimum Gasteiger partial charge on any atom is -0.317 e. The lowest BCUT2D eigenvalue weighted by Gasteiger charge is -2.23. The van der Waals surface area contributed by atoms with Crippen molar-refractivity contribution in [3.8, 4) is 0 Å². The van der Waals surface area contributed by atoms with Crippen molar-refractivity contribution in [2.75, 3.05) is 13.1 Å². The molecule has 1 fully saturated rings. The van der Waals surface area contributed by atoms with Crippen molar-refractivity contribution in [1.29, 1.82) is 0 Å². The van der Waals surface area contributed by atoms with E-state index in [4.69, 9.17) is 0 Å². The number of nitrogens with one attached hydrogen (secondary N) is 1. The Balaban J connectivity index is 2.00. The van der Waals surface area contributed by atoms with E-state index < -0.39 is 0 Å². The molecule has 1 aliphatic rings. The lowest BCUT2D eigenvalue weighted by Crippen LogP contribution is -2.26. The Morgan fingerprint density at radius 3 is 2.71 bits per heavy atom. The highest BCUT2D eigenvalue weighted by molar-refractivity contribution is 5.27. The number of hydrogen-bond acceptors (Lipinski definition) is 1. The van der Waals surface area contributed by atoms with Crippen LogP contribution < -0.4 is 5.32 Å². The Morgan fingerprint density at radius 1 is 1.24 bits per heavy atom. The van der Waals surface area contributed by atoms with Crippen molar-refractivity contribution in [3.05, 3.63) is 35.4 Å². The van der Waals surface area contributed by atoms with Crippen LogP contribution in [-0.2, 0) is 6.42 Å². The molecule has 0 aromatic heterocycles. The van der Waals surface area contributed by atoms with Gasteiger partial charge in [-0.3, -0.25) is 0 Å². The summed E-state index contributed by atoms with van der Waals surface area (Å²) in [7, 11) is 0. The first-order chi connectivity index (χ1) is 8.25. The molecule has 0 bridgehead atoms. The number of rotatable bonds is 4. The van der Waals surface area contributed by atoms with Crippen molar-refractivity contribution in [2.45, 2.75) is 45.4 Å². The van der Waals surface area contributed by atoms with Crippen molar-refractivity contribution in [1.82, 2.24) is 5.32 Å². The van der Waals surface area contributed by atoms with E-state index in [1.54, 1.807) is 5.56 Å². The minimum absolute atomic E-state index is 0.787. The summed E-state index contributed by atoms with van der Waals surface area (Å²) in [5, 5.41) is 3.44. The number of hydrogen-bond donors (Lipinski definition) is 1. The van der Waals surface area contributed by atoms with Crippen molar-refractivity contribution in [2.24, 2.45) is 5.92 Å². The monoisotopic (exact) mass is 231 g/mol. The lowest BCUT2D eigenvalue weighted by atomic mass is 9.88. The third kappa shape index (κ3) is 3.85. The van der Waals surface area contributed by atoms with Crippen LogP contribution in [0.3, 0.4) is 0 Å². The molecular formula is C16H25N. The summed E-state index contributed by atoms with van der Waals surface area (Å²) >= 11 is 0. The van der Waals surface area contributed by atoms with Crippen LogP contribution in [0.25, 0.3) is 0 Å². The van der Waals surface area contributed by atoms with Gasteiger partial charge in [-0.1, -0.05) is 38.1 Å². The van der Waals surface area contributed by atoms with Crippen LogP contribution in [-0.4, -0.2) is 13.1 Å². The second kappa shape index (κ2) is 6.20. The van der Waals surface area contributed by atoms with Gasteiger partial charge in [-0.2, -0.15) is 0 Å². The molecule has 1 heterocycles. The van der Waals surface area contributed by atoms with Gasteiger partial charge in [-0.25, -0.2) is 0 Å². The molecule has 1 aliphatic heterocycles. The topological polar surface area (TPSA) is 12.0 Å². The van der Waals surface area contributed by atoms with Gasteiger partial charge in [0.15, 0.2) is 0 Å². The molecule has 1 saturated heterocycles. The zero-order chi connectivity index (χ0) is 12.1. The third-order valence-corrected chi connectivity index (χ3v) is 3.77. The van der Waals surface area contributed by atoms with Gasteiger partial charge in [0.1, 0.15) is 0 Å². The number of aryl methyl sites for hydroxylation is 1. The molecule has 1 aromatic carbocycles. The average molecular weight is 231 g/mol. The minimum atomic E-state index is 0.787. The third-order valence-electron chi connectivity index (χ3n) is 3.77. The summed E-state index contributed by atoms with van der Waals surface area (Å²) in [6, 6.07) is 9.28. The van der Waals surface area contributed by atoms with Gasteiger partial charge in [-0.15, -0.1) is 0 Å². The highest BCUT2D eigenvalue weighted by Gasteiger charge is 2.15. The fourth-order valence-electron chi connectivity index (χ4n) is 2.61. The lowest BCUT2D eigenvalue weighted by molar-refractivity contribution is 0.460. The largest absolute Gasteiger partial charge is 0.317 e. The number of benzene rings is 1. The fraction of sp³-hybridized carbons (Fsp3) is 0.625. The van der Waals surface area contributed by atoms with Crippen LogP contribution in [0.15, 0.2) is 24.3 Å². The molecule has 17 heavy (non-hydrogen) atoms. The van der Waals surface area contributed by atoms with Crippen LogP contribution >= 0.6 is 0 Å². The van der Waals surface area contributed by atoms with E-state index in [9.17, 15) is 0 Å². The second-order valence-corrected chi connectivity index (χ2v) is 5.70. The van der Waals surface area contributed by atoms with E-state index in [-0.39, 0.29) is 0 Å². The predicted octanol–water partition coefficient (Wildman–Crippen LogP) is 3.74. The second-order valence-electron chi connectivity index (χ2n) is 5.70. The first kappa shape index (κ1) is 12.6. The molecule has 0 saturated carbocycles. The Morgan fingerprint density at radius 2 is 2.00 bits per heavy atom. The highest BCUT2D eigenvalue weighted by Crippen LogP contribution is 2.26. The molecule has 0 amide bonds. The Bertz CT molecular complexity index is 337. The van der Waals surface area contributed by atoms with Gasteiger partial charge >= 0.3 is 0 Å². The van der Waals surface area contributed by atoms with Gasteiger partial charge in [0.25, 0.3) is 0 Å². The number of piperidine rings is 1. The molecule has 0 atom stereocenters. The Labute approximate surface area is 106 Å². The molecule has 0 radical (unpaired) electrons. The SMILES string of the molecule is CC(C)CCc1cccc(C2CCNCC2)c1. The maximum atomic E-state index is 3.44. The van der Waals surface area contributed by atoms with Crippen LogP contribution in [0.1, 0.15) is 50.2 Å². The molecule has 0 aliphatic carbocycles. The summed E-state index contributed by atoms with van der Waals surface area (Å²) < 4.78 is 0. The summed E-state index contributed by atoms with van der Waals surface area (Å²) in [6.07, 6.45) is 5.13. The zero-order valence-electron chi connectivity index (χ0n) is 11.2. The van der Waals surface area contributed by atoms with Gasteiger partial charge in [0.05, 0.1) is 0 Å². The molecule has 1 N–H and O–H groups in total. The van der Waals surface area contributed by atoms with E-state index in [2.05, 4.69) is 43.4 Å². The molecule has 94 valence electrons. The maximum Gasteiger partial charge on any atom is -0.00431 e. The maximum absolute atomic E-state index is 3.44. The summed E-state index contributed by atoms with van der Waals surface area (Å²) in [6.45, 7) is 6.97. The predicted molar refractivity (Wildman–Crippen MR) is 74.4 cm³/mol. The highest BCUT2D eigenvalue weighted by atomic mass is 14.9. The molecule has 0 spiro atoms. The van der Waals surface area contributed by atoms with Gasteiger partial charge < -0.3 is 5.32 Å². The molecule has 1 nitrogen and oxygen atoms in total. The average Bonchev–Trinajstić information content (AvgIpc) is 2.38. The van der Waals surface area contributed by atoms with Crippen LogP contribution in [0, 0.1) is 5.92 Å². The van der Waals surface area contributed by atoms with Gasteiger partial charge in [0.2, 0.25) is 0 Å². The van der Waals surface area contributed by atoms with Crippen molar-refractivity contribution in [3.63, 3.8) is 0 Å². The van der Waals surface area contributed by atoms with Crippen LogP contribution in [0.5, 0.6) is 0 Å². The zero-order valence-corrected chi connectivity index (χ0v) is 11.2. The van der Waals surface area contributed by atoms with E-state index in [0.29, 0.717) is 0 Å².